The second-order valence-corrected chi connectivity index (χ2v) is 8.71. The molecule has 2 aromatic carbocycles. The Balaban J connectivity index is 1.31. The maximum Gasteiger partial charge on any atom is 0.253 e. The second-order valence-electron chi connectivity index (χ2n) is 7.33. The first-order valence-electron chi connectivity index (χ1n) is 10.1. The highest BCUT2D eigenvalue weighted by Gasteiger charge is 2.25. The Morgan fingerprint density at radius 1 is 1.16 bits per heavy atom. The van der Waals surface area contributed by atoms with Crippen molar-refractivity contribution in [2.24, 2.45) is 7.05 Å². The van der Waals surface area contributed by atoms with Crippen LogP contribution in [0, 0.1) is 0 Å². The molecule has 1 aliphatic carbocycles. The quantitative estimate of drug-likeness (QED) is 0.462. The lowest BCUT2D eigenvalue weighted by Crippen LogP contribution is -2.27. The summed E-state index contributed by atoms with van der Waals surface area (Å²) in [5.41, 5.74) is 0.948. The van der Waals surface area contributed by atoms with Crippen LogP contribution in [0.2, 0.25) is 5.02 Å². The van der Waals surface area contributed by atoms with E-state index in [-0.39, 0.29) is 30.2 Å². The summed E-state index contributed by atoms with van der Waals surface area (Å²) in [5, 5.41) is 15.3. The lowest BCUT2D eigenvalue weighted by Gasteiger charge is -2.11. The van der Waals surface area contributed by atoms with Crippen LogP contribution >= 0.6 is 23.4 Å². The van der Waals surface area contributed by atoms with E-state index in [1.54, 1.807) is 53.1 Å². The Morgan fingerprint density at radius 2 is 1.91 bits per heavy atom. The van der Waals surface area contributed by atoms with E-state index in [1.807, 2.05) is 7.05 Å². The fraction of sp³-hybridized carbons (Fsp3) is 0.273. The van der Waals surface area contributed by atoms with E-state index in [9.17, 15) is 9.59 Å². The van der Waals surface area contributed by atoms with Crippen molar-refractivity contribution in [1.82, 2.24) is 20.1 Å². The summed E-state index contributed by atoms with van der Waals surface area (Å²) >= 11 is 7.14. The lowest BCUT2D eigenvalue weighted by atomic mass is 10.1. The smallest absolute Gasteiger partial charge is 0.253 e. The lowest BCUT2D eigenvalue weighted by molar-refractivity contribution is -0.113. The third kappa shape index (κ3) is 5.80. The zero-order chi connectivity index (χ0) is 22.5. The van der Waals surface area contributed by atoms with Crippen molar-refractivity contribution in [2.75, 3.05) is 11.1 Å². The van der Waals surface area contributed by atoms with Gasteiger partial charge in [0.15, 0.2) is 11.0 Å². The fourth-order valence-corrected chi connectivity index (χ4v) is 3.73. The topological polar surface area (TPSA) is 98.1 Å². The molecule has 0 radical (unpaired) electrons. The number of thioether (sulfide) groups is 1. The van der Waals surface area contributed by atoms with Crippen LogP contribution in [0.4, 0.5) is 5.69 Å². The summed E-state index contributed by atoms with van der Waals surface area (Å²) in [6, 6.07) is 14.3. The molecule has 0 bridgehead atoms. The molecular formula is C22H22ClN5O3S. The average Bonchev–Trinajstić information content (AvgIpc) is 3.53. The number of rotatable bonds is 9. The van der Waals surface area contributed by atoms with Gasteiger partial charge in [0.1, 0.15) is 12.4 Å². The maximum atomic E-state index is 12.5. The van der Waals surface area contributed by atoms with Gasteiger partial charge in [-0.2, -0.15) is 0 Å². The van der Waals surface area contributed by atoms with Crippen molar-refractivity contribution in [1.29, 1.82) is 0 Å². The Morgan fingerprint density at radius 3 is 2.66 bits per heavy atom. The molecule has 166 valence electrons. The van der Waals surface area contributed by atoms with E-state index in [2.05, 4.69) is 20.8 Å². The number of aromatic nitrogens is 3. The third-order valence-electron chi connectivity index (χ3n) is 4.80. The van der Waals surface area contributed by atoms with Crippen molar-refractivity contribution in [3.05, 3.63) is 64.9 Å². The van der Waals surface area contributed by atoms with Crippen LogP contribution in [-0.4, -0.2) is 38.4 Å². The van der Waals surface area contributed by atoms with E-state index >= 15 is 0 Å². The van der Waals surface area contributed by atoms with E-state index in [1.165, 1.54) is 11.8 Å². The van der Waals surface area contributed by atoms with Gasteiger partial charge in [0.25, 0.3) is 5.91 Å². The molecule has 8 nitrogen and oxygen atoms in total. The summed E-state index contributed by atoms with van der Waals surface area (Å²) in [6.07, 6.45) is 2.00. The van der Waals surface area contributed by atoms with Crippen molar-refractivity contribution in [3.8, 4) is 5.75 Å². The Labute approximate surface area is 194 Å². The zero-order valence-corrected chi connectivity index (χ0v) is 18.9. The number of hydrogen-bond donors (Lipinski definition) is 2. The molecule has 1 aromatic heterocycles. The molecular weight excluding hydrogens is 450 g/mol. The van der Waals surface area contributed by atoms with Crippen molar-refractivity contribution >= 4 is 40.9 Å². The molecule has 0 atom stereocenters. The molecule has 2 amide bonds. The Hall–Kier alpha value is -3.04. The summed E-state index contributed by atoms with van der Waals surface area (Å²) in [6.45, 7) is 0.237. The average molecular weight is 472 g/mol. The number of anilines is 1. The van der Waals surface area contributed by atoms with Crippen molar-refractivity contribution < 1.29 is 14.3 Å². The van der Waals surface area contributed by atoms with Crippen molar-refractivity contribution in [3.63, 3.8) is 0 Å². The van der Waals surface area contributed by atoms with Gasteiger partial charge in [-0.1, -0.05) is 35.5 Å². The molecule has 3 aromatic rings. The van der Waals surface area contributed by atoms with Crippen LogP contribution in [0.15, 0.2) is 53.7 Å². The number of hydrogen-bond acceptors (Lipinski definition) is 6. The number of ether oxygens (including phenoxy) is 1. The van der Waals surface area contributed by atoms with Crippen LogP contribution in [0.3, 0.4) is 0 Å². The normalized spacial score (nSPS) is 12.9. The maximum absolute atomic E-state index is 12.5. The third-order valence-corrected chi connectivity index (χ3v) is 6.07. The fourth-order valence-electron chi connectivity index (χ4n) is 2.87. The number of carbonyl (C=O) groups is 2. The first-order chi connectivity index (χ1) is 15.5. The minimum absolute atomic E-state index is 0.128. The number of amides is 2. The molecule has 0 spiro atoms. The van der Waals surface area contributed by atoms with Crippen LogP contribution in [0.25, 0.3) is 0 Å². The molecule has 32 heavy (non-hydrogen) atoms. The molecule has 2 N–H and O–H groups in total. The second kappa shape index (κ2) is 10.1. The van der Waals surface area contributed by atoms with Gasteiger partial charge in [-0.05, 0) is 49.2 Å². The van der Waals surface area contributed by atoms with Gasteiger partial charge in [0.05, 0.1) is 17.0 Å². The molecule has 0 aliphatic heterocycles. The molecule has 1 saturated carbocycles. The van der Waals surface area contributed by atoms with Crippen molar-refractivity contribution in [2.45, 2.75) is 30.6 Å². The van der Waals surface area contributed by atoms with Gasteiger partial charge < -0.3 is 19.9 Å². The highest BCUT2D eigenvalue weighted by molar-refractivity contribution is 7.99. The highest BCUT2D eigenvalue weighted by Crippen LogP contribution is 2.23. The van der Waals surface area contributed by atoms with Gasteiger partial charge in [-0.15, -0.1) is 10.2 Å². The first kappa shape index (κ1) is 22.2. The number of carbonyl (C=O) groups excluding carboxylic acids is 2. The first-order valence-corrected chi connectivity index (χ1v) is 11.4. The molecule has 4 rings (SSSR count). The molecule has 0 unspecified atom stereocenters. The number of nitrogens with zero attached hydrogens (tertiary/aromatic N) is 3. The number of para-hydroxylation sites is 1. The van der Waals surface area contributed by atoms with Crippen LogP contribution in [-0.2, 0) is 18.4 Å². The largest absolute Gasteiger partial charge is 0.486 e. The minimum atomic E-state index is -0.233. The van der Waals surface area contributed by atoms with Crippen LogP contribution in [0.5, 0.6) is 5.75 Å². The van der Waals surface area contributed by atoms with Crippen LogP contribution < -0.4 is 15.4 Å². The predicted octanol–water partition coefficient (Wildman–Crippen LogP) is 3.67. The van der Waals surface area contributed by atoms with Gasteiger partial charge in [-0.3, -0.25) is 9.59 Å². The zero-order valence-electron chi connectivity index (χ0n) is 17.4. The summed E-state index contributed by atoms with van der Waals surface area (Å²) < 4.78 is 7.49. The SMILES string of the molecule is Cn1c(COc2ccc(Cl)cc2)nnc1SCC(=O)Nc1ccccc1C(=O)NC1CC1. The van der Waals surface area contributed by atoms with E-state index in [0.717, 1.165) is 12.8 Å². The molecule has 1 aliphatic rings. The molecule has 1 heterocycles. The van der Waals surface area contributed by atoms with E-state index in [0.29, 0.717) is 33.0 Å². The number of nitrogens with one attached hydrogen (secondary N) is 2. The number of benzene rings is 2. The minimum Gasteiger partial charge on any atom is -0.486 e. The Kier molecular flexibility index (Phi) is 6.96. The standard InChI is InChI=1S/C22H22ClN5O3S/c1-28-19(12-31-16-10-6-14(23)7-11-16)26-27-22(28)32-13-20(29)25-18-5-3-2-4-17(18)21(30)24-15-8-9-15/h2-7,10-11,15H,8-9,12-13H2,1H3,(H,24,30)(H,25,29). The molecule has 1 fully saturated rings. The molecule has 10 heteroatoms. The molecule has 0 saturated heterocycles. The summed E-state index contributed by atoms with van der Waals surface area (Å²) in [5.74, 6) is 1.03. The van der Waals surface area contributed by atoms with Crippen LogP contribution in [0.1, 0.15) is 29.0 Å². The summed E-state index contributed by atoms with van der Waals surface area (Å²) in [7, 11) is 1.82. The predicted molar refractivity (Wildman–Crippen MR) is 123 cm³/mol. The van der Waals surface area contributed by atoms with Gasteiger partial charge >= 0.3 is 0 Å². The number of halogens is 1. The van der Waals surface area contributed by atoms with Gasteiger partial charge in [-0.25, -0.2) is 0 Å². The highest BCUT2D eigenvalue weighted by atomic mass is 35.5. The summed E-state index contributed by atoms with van der Waals surface area (Å²) in [4.78, 5) is 24.9. The van der Waals surface area contributed by atoms with E-state index in [4.69, 9.17) is 16.3 Å². The van der Waals surface area contributed by atoms with E-state index < -0.39 is 0 Å². The monoisotopic (exact) mass is 471 g/mol. The van der Waals surface area contributed by atoms with Gasteiger partial charge in [0, 0.05) is 18.1 Å². The Bertz CT molecular complexity index is 1120. The van der Waals surface area contributed by atoms with Gasteiger partial charge in [0.2, 0.25) is 5.91 Å².